The van der Waals surface area contributed by atoms with Crippen molar-refractivity contribution in [2.45, 2.75) is 26.8 Å². The summed E-state index contributed by atoms with van der Waals surface area (Å²) in [6.45, 7) is 5.91. The van der Waals surface area contributed by atoms with Crippen molar-refractivity contribution in [1.82, 2.24) is 9.97 Å². The second kappa shape index (κ2) is 6.78. The standard InChI is InChI=1S/C20H20N4O/c1-12-15(11-21)6-5-7-17(12)13(2)22-20-18-9-8-16(25-4)10-19(18)23-14(3)24-20/h5-10,13H,1-4H3,(H,22,23,24). The number of nitrogens with zero attached hydrogens (tertiary/aromatic N) is 3. The Morgan fingerprint density at radius 3 is 2.68 bits per heavy atom. The average Bonchev–Trinajstić information content (AvgIpc) is 2.61. The zero-order valence-electron chi connectivity index (χ0n) is 14.8. The molecule has 0 spiro atoms. The lowest BCUT2D eigenvalue weighted by atomic mass is 9.98. The molecule has 1 heterocycles. The molecule has 126 valence electrons. The van der Waals surface area contributed by atoms with Crippen molar-refractivity contribution in [3.05, 3.63) is 58.9 Å². The Morgan fingerprint density at radius 2 is 1.96 bits per heavy atom. The van der Waals surface area contributed by atoms with Crippen molar-refractivity contribution < 1.29 is 4.74 Å². The van der Waals surface area contributed by atoms with Gasteiger partial charge in [-0.15, -0.1) is 0 Å². The molecule has 5 nitrogen and oxygen atoms in total. The number of ether oxygens (including phenoxy) is 1. The van der Waals surface area contributed by atoms with E-state index in [0.29, 0.717) is 11.4 Å². The second-order valence-corrected chi connectivity index (χ2v) is 6.00. The maximum absolute atomic E-state index is 9.24. The van der Waals surface area contributed by atoms with Crippen LogP contribution >= 0.6 is 0 Å². The highest BCUT2D eigenvalue weighted by Crippen LogP contribution is 2.29. The number of nitriles is 1. The molecule has 1 unspecified atom stereocenters. The summed E-state index contributed by atoms with van der Waals surface area (Å²) in [5.74, 6) is 2.24. The topological polar surface area (TPSA) is 70.8 Å². The van der Waals surface area contributed by atoms with Gasteiger partial charge in [-0.2, -0.15) is 5.26 Å². The third-order valence-corrected chi connectivity index (χ3v) is 4.33. The molecule has 0 aliphatic rings. The summed E-state index contributed by atoms with van der Waals surface area (Å²) in [5, 5.41) is 13.6. The first kappa shape index (κ1) is 16.7. The Bertz CT molecular complexity index is 975. The summed E-state index contributed by atoms with van der Waals surface area (Å²) in [6, 6.07) is 13.8. The maximum atomic E-state index is 9.24. The van der Waals surface area contributed by atoms with E-state index in [-0.39, 0.29) is 6.04 Å². The molecular weight excluding hydrogens is 312 g/mol. The van der Waals surface area contributed by atoms with Gasteiger partial charge in [0.1, 0.15) is 17.4 Å². The number of hydrogen-bond acceptors (Lipinski definition) is 5. The molecule has 0 fully saturated rings. The molecule has 3 rings (SSSR count). The number of aromatic nitrogens is 2. The molecule has 0 saturated carbocycles. The van der Waals surface area contributed by atoms with Crippen LogP contribution in [0.3, 0.4) is 0 Å². The van der Waals surface area contributed by atoms with Crippen molar-refractivity contribution in [3.8, 4) is 11.8 Å². The van der Waals surface area contributed by atoms with E-state index in [1.54, 1.807) is 7.11 Å². The van der Waals surface area contributed by atoms with Gasteiger partial charge >= 0.3 is 0 Å². The van der Waals surface area contributed by atoms with E-state index in [4.69, 9.17) is 4.74 Å². The van der Waals surface area contributed by atoms with E-state index < -0.39 is 0 Å². The quantitative estimate of drug-likeness (QED) is 0.771. The van der Waals surface area contributed by atoms with Crippen molar-refractivity contribution >= 4 is 16.7 Å². The van der Waals surface area contributed by atoms with E-state index in [1.807, 2.05) is 50.2 Å². The van der Waals surface area contributed by atoms with Crippen LogP contribution in [0.25, 0.3) is 10.9 Å². The number of methoxy groups -OCH3 is 1. The maximum Gasteiger partial charge on any atom is 0.138 e. The van der Waals surface area contributed by atoms with Crippen molar-refractivity contribution in [3.63, 3.8) is 0 Å². The van der Waals surface area contributed by atoms with Crippen molar-refractivity contribution in [2.24, 2.45) is 0 Å². The van der Waals surface area contributed by atoms with E-state index in [9.17, 15) is 5.26 Å². The van der Waals surface area contributed by atoms with E-state index in [2.05, 4.69) is 28.3 Å². The van der Waals surface area contributed by atoms with Gasteiger partial charge in [0.2, 0.25) is 0 Å². The van der Waals surface area contributed by atoms with Crippen LogP contribution in [0, 0.1) is 25.2 Å². The second-order valence-electron chi connectivity index (χ2n) is 6.00. The van der Waals surface area contributed by atoms with Crippen LogP contribution in [-0.4, -0.2) is 17.1 Å². The largest absolute Gasteiger partial charge is 0.497 e. The van der Waals surface area contributed by atoms with Crippen molar-refractivity contribution in [1.29, 1.82) is 5.26 Å². The smallest absolute Gasteiger partial charge is 0.138 e. The molecule has 0 aliphatic carbocycles. The first-order valence-corrected chi connectivity index (χ1v) is 8.12. The van der Waals surface area contributed by atoms with Gasteiger partial charge in [0, 0.05) is 11.5 Å². The lowest BCUT2D eigenvalue weighted by Crippen LogP contribution is -2.11. The fraction of sp³-hybridized carbons (Fsp3) is 0.250. The molecule has 1 atom stereocenters. The van der Waals surface area contributed by atoms with Gasteiger partial charge in [-0.05, 0) is 50.1 Å². The zero-order chi connectivity index (χ0) is 18.0. The van der Waals surface area contributed by atoms with E-state index in [0.717, 1.165) is 33.6 Å². The number of rotatable bonds is 4. The summed E-state index contributed by atoms with van der Waals surface area (Å²) in [5.41, 5.74) is 3.60. The van der Waals surface area contributed by atoms with Crippen LogP contribution in [0.2, 0.25) is 0 Å². The Labute approximate surface area is 147 Å². The molecule has 0 amide bonds. The van der Waals surface area contributed by atoms with Crippen LogP contribution in [0.15, 0.2) is 36.4 Å². The molecule has 0 radical (unpaired) electrons. The summed E-state index contributed by atoms with van der Waals surface area (Å²) in [7, 11) is 1.64. The molecule has 0 aliphatic heterocycles. The van der Waals surface area contributed by atoms with Crippen LogP contribution in [0.4, 0.5) is 5.82 Å². The minimum Gasteiger partial charge on any atom is -0.497 e. The third-order valence-electron chi connectivity index (χ3n) is 4.33. The Balaban J connectivity index is 2.02. The first-order valence-electron chi connectivity index (χ1n) is 8.12. The predicted molar refractivity (Wildman–Crippen MR) is 98.8 cm³/mol. The monoisotopic (exact) mass is 332 g/mol. The van der Waals surface area contributed by atoms with Crippen LogP contribution < -0.4 is 10.1 Å². The van der Waals surface area contributed by atoms with Crippen molar-refractivity contribution in [2.75, 3.05) is 12.4 Å². The summed E-state index contributed by atoms with van der Waals surface area (Å²) < 4.78 is 5.28. The van der Waals surface area contributed by atoms with Gasteiger partial charge in [-0.3, -0.25) is 0 Å². The van der Waals surface area contributed by atoms with Crippen LogP contribution in [0.1, 0.15) is 35.5 Å². The molecule has 2 aromatic carbocycles. The van der Waals surface area contributed by atoms with Gasteiger partial charge in [0.05, 0.1) is 30.3 Å². The SMILES string of the molecule is COc1ccc2c(NC(C)c3cccc(C#N)c3C)nc(C)nc2c1. The zero-order valence-corrected chi connectivity index (χ0v) is 14.8. The Morgan fingerprint density at radius 1 is 1.16 bits per heavy atom. The number of aryl methyl sites for hydroxylation is 1. The van der Waals surface area contributed by atoms with Gasteiger partial charge in [-0.1, -0.05) is 12.1 Å². The van der Waals surface area contributed by atoms with Gasteiger partial charge in [0.15, 0.2) is 0 Å². The van der Waals surface area contributed by atoms with Gasteiger partial charge in [0.25, 0.3) is 0 Å². The highest BCUT2D eigenvalue weighted by Gasteiger charge is 2.14. The third kappa shape index (κ3) is 3.24. The average molecular weight is 332 g/mol. The lowest BCUT2D eigenvalue weighted by molar-refractivity contribution is 0.415. The number of anilines is 1. The van der Waals surface area contributed by atoms with Gasteiger partial charge < -0.3 is 10.1 Å². The molecule has 0 bridgehead atoms. The molecule has 25 heavy (non-hydrogen) atoms. The highest BCUT2D eigenvalue weighted by atomic mass is 16.5. The molecule has 1 aromatic heterocycles. The number of fused-ring (bicyclic) bond motifs is 1. The fourth-order valence-corrected chi connectivity index (χ4v) is 2.99. The first-order chi connectivity index (χ1) is 12.0. The van der Waals surface area contributed by atoms with E-state index in [1.165, 1.54) is 0 Å². The number of nitrogens with one attached hydrogen (secondary N) is 1. The summed E-state index contributed by atoms with van der Waals surface area (Å²) in [6.07, 6.45) is 0. The number of benzene rings is 2. The fourth-order valence-electron chi connectivity index (χ4n) is 2.99. The van der Waals surface area contributed by atoms with Gasteiger partial charge in [-0.25, -0.2) is 9.97 Å². The lowest BCUT2D eigenvalue weighted by Gasteiger charge is -2.19. The Hall–Kier alpha value is -3.13. The normalized spacial score (nSPS) is 11.8. The molecule has 3 aromatic rings. The highest BCUT2D eigenvalue weighted by molar-refractivity contribution is 5.90. The minimum absolute atomic E-state index is 0.00732. The number of hydrogen-bond donors (Lipinski definition) is 1. The van der Waals surface area contributed by atoms with Crippen LogP contribution in [0.5, 0.6) is 5.75 Å². The molecule has 1 N–H and O–H groups in total. The van der Waals surface area contributed by atoms with Crippen LogP contribution in [-0.2, 0) is 0 Å². The molecular formula is C20H20N4O. The Kier molecular flexibility index (Phi) is 4.53. The predicted octanol–water partition coefficient (Wildman–Crippen LogP) is 4.30. The summed E-state index contributed by atoms with van der Waals surface area (Å²) >= 11 is 0. The molecule has 5 heteroatoms. The van der Waals surface area contributed by atoms with E-state index >= 15 is 0 Å². The minimum atomic E-state index is 0.00732. The summed E-state index contributed by atoms with van der Waals surface area (Å²) in [4.78, 5) is 9.06. The molecule has 0 saturated heterocycles.